The van der Waals surface area contributed by atoms with E-state index in [0.717, 1.165) is 31.6 Å². The molecule has 0 bridgehead atoms. The molecule has 2 aromatic carbocycles. The van der Waals surface area contributed by atoms with Gasteiger partial charge in [-0.1, -0.05) is 36.4 Å². The Morgan fingerprint density at radius 2 is 1.60 bits per heavy atom. The van der Waals surface area contributed by atoms with Crippen molar-refractivity contribution in [2.24, 2.45) is 0 Å². The zero-order chi connectivity index (χ0) is 21.3. The van der Waals surface area contributed by atoms with Crippen molar-refractivity contribution in [3.8, 4) is 17.2 Å². The molecule has 1 heterocycles. The number of nitrogens with zero attached hydrogens (tertiary/aromatic N) is 2. The number of piperazine rings is 1. The highest BCUT2D eigenvalue weighted by Gasteiger charge is 2.23. The molecule has 0 spiro atoms. The fourth-order valence-corrected chi connectivity index (χ4v) is 3.71. The van der Waals surface area contributed by atoms with Crippen molar-refractivity contribution in [1.29, 1.82) is 0 Å². The van der Waals surface area contributed by atoms with E-state index in [2.05, 4.69) is 22.3 Å². The molecule has 162 valence electrons. The van der Waals surface area contributed by atoms with Gasteiger partial charge in [0.2, 0.25) is 5.75 Å². The van der Waals surface area contributed by atoms with Gasteiger partial charge in [0.05, 0.1) is 21.3 Å². The third-order valence-electron chi connectivity index (χ3n) is 5.37. The summed E-state index contributed by atoms with van der Waals surface area (Å²) in [6.07, 6.45) is 0.839. The summed E-state index contributed by atoms with van der Waals surface area (Å²) in [5.41, 5.74) is 2.27. The summed E-state index contributed by atoms with van der Waals surface area (Å²) < 4.78 is 16.4. The molecule has 3 rings (SSSR count). The number of benzene rings is 2. The van der Waals surface area contributed by atoms with Crippen LogP contribution in [0.5, 0.6) is 17.2 Å². The van der Waals surface area contributed by atoms with Gasteiger partial charge in [-0.15, -0.1) is 0 Å². The standard InChI is InChI=1S/C23H31N3O4/c1-28-20-10-9-19(21(29-2)22(20)30-3)17-25-13-15-26(16-14-25)23(27)24-12-11-18-7-5-4-6-8-18/h4-10H,11-17H2,1-3H3,(H,24,27). The molecule has 0 saturated carbocycles. The Balaban J connectivity index is 1.49. The van der Waals surface area contributed by atoms with Crippen molar-refractivity contribution in [2.45, 2.75) is 13.0 Å². The van der Waals surface area contributed by atoms with Gasteiger partial charge in [-0.05, 0) is 18.1 Å². The maximum absolute atomic E-state index is 12.5. The summed E-state index contributed by atoms with van der Waals surface area (Å²) in [5, 5.41) is 3.03. The Kier molecular flexibility index (Phi) is 7.79. The lowest BCUT2D eigenvalue weighted by Crippen LogP contribution is -2.51. The Morgan fingerprint density at radius 3 is 2.23 bits per heavy atom. The van der Waals surface area contributed by atoms with Crippen LogP contribution in [0.25, 0.3) is 0 Å². The normalized spacial score (nSPS) is 14.3. The molecule has 0 radical (unpaired) electrons. The van der Waals surface area contributed by atoms with Gasteiger partial charge in [0.1, 0.15) is 0 Å². The van der Waals surface area contributed by atoms with Crippen LogP contribution in [0.1, 0.15) is 11.1 Å². The summed E-state index contributed by atoms with van der Waals surface area (Å²) in [6.45, 7) is 4.39. The second kappa shape index (κ2) is 10.7. The van der Waals surface area contributed by atoms with Gasteiger partial charge in [0, 0.05) is 44.8 Å². The lowest BCUT2D eigenvalue weighted by Gasteiger charge is -2.35. The summed E-state index contributed by atoms with van der Waals surface area (Å²) in [5.74, 6) is 1.95. The molecule has 7 nitrogen and oxygen atoms in total. The van der Waals surface area contributed by atoms with Crippen molar-refractivity contribution in [3.05, 3.63) is 53.6 Å². The highest BCUT2D eigenvalue weighted by atomic mass is 16.5. The first kappa shape index (κ1) is 21.8. The molecule has 0 aromatic heterocycles. The summed E-state index contributed by atoms with van der Waals surface area (Å²) in [7, 11) is 4.86. The minimum absolute atomic E-state index is 0.00859. The average molecular weight is 414 g/mol. The van der Waals surface area contributed by atoms with Crippen LogP contribution in [0.2, 0.25) is 0 Å². The largest absolute Gasteiger partial charge is 0.493 e. The Hall–Kier alpha value is -2.93. The van der Waals surface area contributed by atoms with Crippen molar-refractivity contribution in [1.82, 2.24) is 15.1 Å². The molecule has 2 amide bonds. The molecule has 1 fully saturated rings. The topological polar surface area (TPSA) is 63.3 Å². The fourth-order valence-electron chi connectivity index (χ4n) is 3.71. The smallest absolute Gasteiger partial charge is 0.317 e. The van der Waals surface area contributed by atoms with Crippen LogP contribution in [0.3, 0.4) is 0 Å². The maximum Gasteiger partial charge on any atom is 0.317 e. The van der Waals surface area contributed by atoms with Crippen LogP contribution in [0.4, 0.5) is 4.79 Å². The number of hydrogen-bond donors (Lipinski definition) is 1. The highest BCUT2D eigenvalue weighted by molar-refractivity contribution is 5.74. The van der Waals surface area contributed by atoms with Crippen LogP contribution in [-0.4, -0.2) is 69.9 Å². The van der Waals surface area contributed by atoms with Gasteiger partial charge in [0.15, 0.2) is 11.5 Å². The molecular weight excluding hydrogens is 382 g/mol. The SMILES string of the molecule is COc1ccc(CN2CCN(C(=O)NCCc3ccccc3)CC2)c(OC)c1OC. The van der Waals surface area contributed by atoms with E-state index in [9.17, 15) is 4.79 Å². The Bertz CT molecular complexity index is 821. The third kappa shape index (κ3) is 5.36. The lowest BCUT2D eigenvalue weighted by atomic mass is 10.1. The number of ether oxygens (including phenoxy) is 3. The van der Waals surface area contributed by atoms with E-state index in [0.29, 0.717) is 36.9 Å². The molecule has 1 aliphatic rings. The molecule has 0 atom stereocenters. The average Bonchev–Trinajstić information content (AvgIpc) is 2.79. The van der Waals surface area contributed by atoms with Crippen molar-refractivity contribution in [2.75, 3.05) is 54.1 Å². The number of hydrogen-bond acceptors (Lipinski definition) is 5. The Morgan fingerprint density at radius 1 is 0.900 bits per heavy atom. The zero-order valence-corrected chi connectivity index (χ0v) is 18.0. The van der Waals surface area contributed by atoms with Gasteiger partial charge in [-0.25, -0.2) is 4.79 Å². The van der Waals surface area contributed by atoms with Crippen LogP contribution >= 0.6 is 0 Å². The quantitative estimate of drug-likeness (QED) is 0.721. The van der Waals surface area contributed by atoms with Crippen molar-refractivity contribution in [3.63, 3.8) is 0 Å². The van der Waals surface area contributed by atoms with E-state index in [-0.39, 0.29) is 6.03 Å². The molecular formula is C23H31N3O4. The zero-order valence-electron chi connectivity index (χ0n) is 18.0. The monoisotopic (exact) mass is 413 g/mol. The van der Waals surface area contributed by atoms with Crippen LogP contribution < -0.4 is 19.5 Å². The molecule has 0 unspecified atom stereocenters. The summed E-state index contributed by atoms with van der Waals surface area (Å²) >= 11 is 0. The number of urea groups is 1. The summed E-state index contributed by atoms with van der Waals surface area (Å²) in [6, 6.07) is 14.1. The van der Waals surface area contributed by atoms with Gasteiger partial charge in [0.25, 0.3) is 0 Å². The minimum Gasteiger partial charge on any atom is -0.493 e. The number of carbonyl (C=O) groups is 1. The molecule has 2 aromatic rings. The van der Waals surface area contributed by atoms with Gasteiger partial charge >= 0.3 is 6.03 Å². The van der Waals surface area contributed by atoms with Crippen LogP contribution in [-0.2, 0) is 13.0 Å². The molecule has 0 aliphatic carbocycles. The molecule has 1 saturated heterocycles. The maximum atomic E-state index is 12.5. The molecule has 1 N–H and O–H groups in total. The first-order valence-corrected chi connectivity index (χ1v) is 10.2. The number of nitrogens with one attached hydrogen (secondary N) is 1. The fraction of sp³-hybridized carbons (Fsp3) is 0.435. The van der Waals surface area contributed by atoms with Gasteiger partial charge in [-0.3, -0.25) is 4.90 Å². The van der Waals surface area contributed by atoms with E-state index in [1.807, 2.05) is 35.2 Å². The first-order chi connectivity index (χ1) is 14.7. The predicted octanol–water partition coefficient (Wildman–Crippen LogP) is 2.78. The Labute approximate surface area is 178 Å². The number of rotatable bonds is 8. The minimum atomic E-state index is 0.00859. The van der Waals surface area contributed by atoms with Crippen LogP contribution in [0.15, 0.2) is 42.5 Å². The summed E-state index contributed by atoms with van der Waals surface area (Å²) in [4.78, 5) is 16.7. The number of amides is 2. The van der Waals surface area contributed by atoms with Crippen molar-refractivity contribution < 1.29 is 19.0 Å². The molecule has 7 heteroatoms. The lowest BCUT2D eigenvalue weighted by molar-refractivity contribution is 0.134. The van der Waals surface area contributed by atoms with E-state index >= 15 is 0 Å². The third-order valence-corrected chi connectivity index (χ3v) is 5.37. The van der Waals surface area contributed by atoms with Crippen LogP contribution in [0, 0.1) is 0 Å². The number of methoxy groups -OCH3 is 3. The second-order valence-corrected chi connectivity index (χ2v) is 7.22. The van der Waals surface area contributed by atoms with E-state index < -0.39 is 0 Å². The van der Waals surface area contributed by atoms with E-state index in [1.165, 1.54) is 5.56 Å². The molecule has 30 heavy (non-hydrogen) atoms. The highest BCUT2D eigenvalue weighted by Crippen LogP contribution is 2.40. The van der Waals surface area contributed by atoms with Gasteiger partial charge < -0.3 is 24.4 Å². The van der Waals surface area contributed by atoms with E-state index in [1.54, 1.807) is 21.3 Å². The van der Waals surface area contributed by atoms with Crippen molar-refractivity contribution >= 4 is 6.03 Å². The number of carbonyl (C=O) groups excluding carboxylic acids is 1. The first-order valence-electron chi connectivity index (χ1n) is 10.2. The van der Waals surface area contributed by atoms with Gasteiger partial charge in [-0.2, -0.15) is 0 Å². The molecule has 1 aliphatic heterocycles. The second-order valence-electron chi connectivity index (χ2n) is 7.22. The van der Waals surface area contributed by atoms with E-state index in [4.69, 9.17) is 14.2 Å². The predicted molar refractivity (Wildman–Crippen MR) is 116 cm³/mol.